The number of hydrogen-bond donors (Lipinski definition) is 1. The van der Waals surface area contributed by atoms with Gasteiger partial charge in [0.15, 0.2) is 5.82 Å². The van der Waals surface area contributed by atoms with Gasteiger partial charge >= 0.3 is 6.18 Å². The summed E-state index contributed by atoms with van der Waals surface area (Å²) < 4.78 is 48.8. The van der Waals surface area contributed by atoms with E-state index in [4.69, 9.17) is 10.5 Å². The number of benzene rings is 1. The molecule has 1 aliphatic rings. The Labute approximate surface area is 201 Å². The maximum Gasteiger partial charge on any atom is 0.419 e. The van der Waals surface area contributed by atoms with Crippen LogP contribution in [0.1, 0.15) is 24.8 Å². The average molecular weight is 491 g/mol. The van der Waals surface area contributed by atoms with Gasteiger partial charge in [-0.15, -0.1) is 0 Å². The highest BCUT2D eigenvalue weighted by molar-refractivity contribution is 5.89. The summed E-state index contributed by atoms with van der Waals surface area (Å²) in [6.07, 6.45) is -1.02. The summed E-state index contributed by atoms with van der Waals surface area (Å²) >= 11 is 0. The quantitative estimate of drug-likeness (QED) is 0.486. The number of likely N-dealkylation sites (N-methyl/N-ethyl adjacent to an activating group) is 2. The third-order valence-electron chi connectivity index (χ3n) is 6.54. The molecule has 0 atom stereocenters. The number of nitrogen functional groups attached to an aromatic ring is 1. The number of carbonyl (C=O) groups excluding carboxylic acids is 1. The molecule has 1 saturated carbocycles. The molecule has 2 aromatic heterocycles. The van der Waals surface area contributed by atoms with E-state index in [9.17, 15) is 18.0 Å². The van der Waals surface area contributed by atoms with E-state index in [1.54, 1.807) is 36.0 Å². The number of rotatable bonds is 8. The molecule has 0 unspecified atom stereocenters. The lowest BCUT2D eigenvalue weighted by Gasteiger charge is -2.28. The van der Waals surface area contributed by atoms with Crippen LogP contribution in [0.2, 0.25) is 0 Å². The van der Waals surface area contributed by atoms with Crippen LogP contribution < -0.4 is 10.5 Å². The highest BCUT2D eigenvalue weighted by Gasteiger charge is 2.53. The number of halogens is 3. The molecular weight excluding hydrogens is 461 g/mol. The second-order valence-electron chi connectivity index (χ2n) is 9.18. The Balaban J connectivity index is 1.47. The summed E-state index contributed by atoms with van der Waals surface area (Å²) in [5, 5.41) is 0. The van der Waals surface area contributed by atoms with E-state index in [1.165, 1.54) is 12.1 Å². The molecule has 3 aromatic rings. The van der Waals surface area contributed by atoms with Crippen molar-refractivity contribution in [3.63, 3.8) is 0 Å². The number of aromatic nitrogens is 3. The first-order valence-electron chi connectivity index (χ1n) is 11.3. The van der Waals surface area contributed by atoms with Gasteiger partial charge in [-0.1, -0.05) is 0 Å². The number of anilines is 1. The van der Waals surface area contributed by atoms with Crippen molar-refractivity contribution < 1.29 is 22.7 Å². The third kappa shape index (κ3) is 4.77. The molecule has 35 heavy (non-hydrogen) atoms. The van der Waals surface area contributed by atoms with Gasteiger partial charge in [-0.2, -0.15) is 13.2 Å². The van der Waals surface area contributed by atoms with Crippen molar-refractivity contribution in [3.05, 3.63) is 36.2 Å². The summed E-state index contributed by atoms with van der Waals surface area (Å²) in [6.45, 7) is 0.433. The molecule has 1 fully saturated rings. The fraction of sp³-hybridized carbons (Fsp3) is 0.458. The highest BCUT2D eigenvalue weighted by atomic mass is 19.4. The first-order chi connectivity index (χ1) is 16.4. The van der Waals surface area contributed by atoms with Crippen LogP contribution in [0, 0.1) is 0 Å². The van der Waals surface area contributed by atoms with Crippen molar-refractivity contribution in [2.75, 3.05) is 40.0 Å². The van der Waals surface area contributed by atoms with Gasteiger partial charge in [0.2, 0.25) is 5.91 Å². The van der Waals surface area contributed by atoms with Gasteiger partial charge in [0.25, 0.3) is 0 Å². The van der Waals surface area contributed by atoms with E-state index < -0.39 is 17.3 Å². The molecule has 1 aliphatic carbocycles. The number of carbonyl (C=O) groups is 1. The Kier molecular flexibility index (Phi) is 6.39. The topological polar surface area (TPSA) is 89.5 Å². The Morgan fingerprint density at radius 2 is 1.94 bits per heavy atom. The standard InChI is InChI=1S/C24H29F3N6O2/c1-31(2)23(8-9-23)22(34)32(3)10-5-11-35-19-7-6-15(12-16(19)24(25,26)27)17-13-18-20(21(28)30-17)29-14-33(18)4/h6-7,12-14H,5,8-11H2,1-4H3,(H2,28,30). The van der Waals surface area contributed by atoms with Gasteiger partial charge in [-0.25, -0.2) is 9.97 Å². The largest absolute Gasteiger partial charge is 0.493 e. The number of imidazole rings is 1. The number of fused-ring (bicyclic) bond motifs is 1. The zero-order valence-electron chi connectivity index (χ0n) is 20.2. The minimum Gasteiger partial charge on any atom is -0.493 e. The molecule has 8 nitrogen and oxygen atoms in total. The lowest BCUT2D eigenvalue weighted by molar-refractivity contribution is -0.138. The van der Waals surface area contributed by atoms with Crippen LogP contribution >= 0.6 is 0 Å². The van der Waals surface area contributed by atoms with Crippen molar-refractivity contribution >= 4 is 22.8 Å². The van der Waals surface area contributed by atoms with Crippen molar-refractivity contribution in [2.24, 2.45) is 7.05 Å². The number of amides is 1. The zero-order chi connectivity index (χ0) is 25.5. The van der Waals surface area contributed by atoms with Gasteiger partial charge in [0.05, 0.1) is 29.7 Å². The molecule has 11 heteroatoms. The van der Waals surface area contributed by atoms with E-state index >= 15 is 0 Å². The molecule has 0 saturated heterocycles. The van der Waals surface area contributed by atoms with Crippen molar-refractivity contribution in [2.45, 2.75) is 31.0 Å². The maximum atomic E-state index is 13.9. The molecular formula is C24H29F3N6O2. The Hall–Kier alpha value is -3.34. The maximum absolute atomic E-state index is 13.9. The molecule has 1 aromatic carbocycles. The highest BCUT2D eigenvalue weighted by Crippen LogP contribution is 2.42. The third-order valence-corrected chi connectivity index (χ3v) is 6.54. The molecule has 2 heterocycles. The SMILES string of the molecule is CN(CCCOc1ccc(-c2cc3c(ncn3C)c(N)n2)cc1C(F)(F)F)C(=O)C1(N(C)C)CC1. The van der Waals surface area contributed by atoms with Crippen molar-refractivity contribution in [1.29, 1.82) is 0 Å². The smallest absolute Gasteiger partial charge is 0.419 e. The fourth-order valence-corrected chi connectivity index (χ4v) is 4.25. The number of pyridine rings is 1. The van der Waals surface area contributed by atoms with E-state index in [2.05, 4.69) is 9.97 Å². The lowest BCUT2D eigenvalue weighted by Crippen LogP contribution is -2.46. The number of alkyl halides is 3. The number of ether oxygens (including phenoxy) is 1. The second-order valence-corrected chi connectivity index (χ2v) is 9.18. The molecule has 0 bridgehead atoms. The number of aryl methyl sites for hydroxylation is 1. The minimum atomic E-state index is -4.62. The van der Waals surface area contributed by atoms with Gasteiger partial charge in [-0.3, -0.25) is 9.69 Å². The van der Waals surface area contributed by atoms with E-state index in [-0.39, 0.29) is 29.6 Å². The predicted octanol–water partition coefficient (Wildman–Crippen LogP) is 3.56. The second kappa shape index (κ2) is 9.03. The molecule has 188 valence electrons. The van der Waals surface area contributed by atoms with Crippen LogP contribution in [0.5, 0.6) is 5.75 Å². The number of nitrogens with zero attached hydrogens (tertiary/aromatic N) is 5. The van der Waals surface area contributed by atoms with Gasteiger partial charge in [0, 0.05) is 26.2 Å². The molecule has 0 spiro atoms. The Bertz CT molecular complexity index is 1250. The van der Waals surface area contributed by atoms with Crippen LogP contribution in [-0.4, -0.2) is 70.1 Å². The molecule has 0 radical (unpaired) electrons. The van der Waals surface area contributed by atoms with E-state index in [1.807, 2.05) is 19.0 Å². The zero-order valence-corrected chi connectivity index (χ0v) is 20.2. The molecule has 1 amide bonds. The van der Waals surface area contributed by atoms with Crippen LogP contribution in [-0.2, 0) is 18.0 Å². The van der Waals surface area contributed by atoms with Crippen molar-refractivity contribution in [1.82, 2.24) is 24.3 Å². The fourth-order valence-electron chi connectivity index (χ4n) is 4.25. The van der Waals surface area contributed by atoms with Gasteiger partial charge < -0.3 is 19.9 Å². The average Bonchev–Trinajstić information content (AvgIpc) is 3.53. The van der Waals surface area contributed by atoms with Crippen LogP contribution in [0.25, 0.3) is 22.3 Å². The minimum absolute atomic E-state index is 0.0278. The van der Waals surface area contributed by atoms with E-state index in [0.29, 0.717) is 29.7 Å². The number of hydrogen-bond acceptors (Lipinski definition) is 6. The monoisotopic (exact) mass is 490 g/mol. The first-order valence-corrected chi connectivity index (χ1v) is 11.3. The summed E-state index contributed by atoms with van der Waals surface area (Å²) in [4.78, 5) is 24.6. The van der Waals surface area contributed by atoms with Gasteiger partial charge in [-0.05, 0) is 57.6 Å². The Morgan fingerprint density at radius 1 is 1.23 bits per heavy atom. The number of nitrogens with two attached hydrogens (primary N) is 1. The van der Waals surface area contributed by atoms with Crippen LogP contribution in [0.4, 0.5) is 19.0 Å². The molecule has 0 aliphatic heterocycles. The van der Waals surface area contributed by atoms with Gasteiger partial charge in [0.1, 0.15) is 16.8 Å². The Morgan fingerprint density at radius 3 is 2.57 bits per heavy atom. The first kappa shape index (κ1) is 24.8. The van der Waals surface area contributed by atoms with Crippen LogP contribution in [0.15, 0.2) is 30.6 Å². The van der Waals surface area contributed by atoms with E-state index in [0.717, 1.165) is 18.9 Å². The predicted molar refractivity (Wildman–Crippen MR) is 127 cm³/mol. The molecule has 2 N–H and O–H groups in total. The van der Waals surface area contributed by atoms with Crippen molar-refractivity contribution in [3.8, 4) is 17.0 Å². The van der Waals surface area contributed by atoms with Crippen LogP contribution in [0.3, 0.4) is 0 Å². The summed E-state index contributed by atoms with van der Waals surface area (Å²) in [5.41, 5.74) is 6.38. The normalized spacial score (nSPS) is 15.0. The summed E-state index contributed by atoms with van der Waals surface area (Å²) in [5.74, 6) is -0.0929. The molecule has 4 rings (SSSR count). The summed E-state index contributed by atoms with van der Waals surface area (Å²) in [7, 11) is 7.23. The summed E-state index contributed by atoms with van der Waals surface area (Å²) in [6, 6.07) is 5.49. The lowest BCUT2D eigenvalue weighted by atomic mass is 10.1.